The van der Waals surface area contributed by atoms with Crippen molar-refractivity contribution in [1.29, 1.82) is 0 Å². The van der Waals surface area contributed by atoms with Crippen molar-refractivity contribution in [1.82, 2.24) is 9.80 Å². The minimum Gasteiger partial charge on any atom is -0.298 e. The molecule has 102 valence electrons. The highest BCUT2D eigenvalue weighted by atomic mass is 16.2. The van der Waals surface area contributed by atoms with E-state index in [2.05, 4.69) is 29.2 Å². The lowest BCUT2D eigenvalue weighted by Crippen LogP contribution is -2.38. The average molecular weight is 268 g/mol. The molecule has 0 N–H and O–H groups in total. The third kappa shape index (κ3) is 1.79. The highest BCUT2D eigenvalue weighted by Gasteiger charge is 2.60. The number of nitrogens with zero attached hydrogens (tertiary/aromatic N) is 2. The molecule has 1 aliphatic carbocycles. The second-order valence-electron chi connectivity index (χ2n) is 5.88. The molecular weight excluding hydrogens is 252 g/mol. The molecule has 4 rings (SSSR count). The van der Waals surface area contributed by atoms with Crippen molar-refractivity contribution in [2.75, 3.05) is 13.1 Å². The zero-order valence-corrected chi connectivity index (χ0v) is 11.1. The lowest BCUT2D eigenvalue weighted by atomic mass is 10.2. The van der Waals surface area contributed by atoms with Gasteiger partial charge in [0.15, 0.2) is 0 Å². The molecule has 1 aromatic carbocycles. The molecule has 2 amide bonds. The van der Waals surface area contributed by atoms with Crippen LogP contribution in [0.5, 0.6) is 0 Å². The number of hydrogen-bond donors (Lipinski definition) is 0. The quantitative estimate of drug-likeness (QED) is 0.769. The van der Waals surface area contributed by atoms with Crippen molar-refractivity contribution < 1.29 is 9.59 Å². The Hall–Kier alpha value is -1.94. The Labute approximate surface area is 117 Å². The van der Waals surface area contributed by atoms with Crippen LogP contribution in [0, 0.1) is 11.8 Å². The summed E-state index contributed by atoms with van der Waals surface area (Å²) in [4.78, 5) is 27.2. The molecule has 2 unspecified atom stereocenters. The summed E-state index contributed by atoms with van der Waals surface area (Å²) in [6.07, 6.45) is 2.77. The summed E-state index contributed by atoms with van der Waals surface area (Å²) in [7, 11) is 0. The predicted molar refractivity (Wildman–Crippen MR) is 73.5 cm³/mol. The first kappa shape index (κ1) is 11.9. The normalized spacial score (nSPS) is 32.0. The summed E-state index contributed by atoms with van der Waals surface area (Å²) < 4.78 is 0. The van der Waals surface area contributed by atoms with E-state index >= 15 is 0 Å². The molecule has 1 aromatic rings. The number of carbonyl (C=O) groups excluding carboxylic acids is 2. The topological polar surface area (TPSA) is 40.6 Å². The van der Waals surface area contributed by atoms with Gasteiger partial charge in [0.2, 0.25) is 0 Å². The fourth-order valence-corrected chi connectivity index (χ4v) is 3.64. The smallest absolute Gasteiger partial charge is 0.253 e. The Morgan fingerprint density at radius 2 is 1.55 bits per heavy atom. The lowest BCUT2D eigenvalue weighted by molar-refractivity contribution is -0.138. The summed E-state index contributed by atoms with van der Waals surface area (Å²) in [5.41, 5.74) is 1.32. The number of imide groups is 1. The summed E-state index contributed by atoms with van der Waals surface area (Å²) in [5, 5.41) is 0. The second-order valence-corrected chi connectivity index (χ2v) is 5.88. The van der Waals surface area contributed by atoms with E-state index in [1.807, 2.05) is 6.07 Å². The van der Waals surface area contributed by atoms with Crippen molar-refractivity contribution in [2.45, 2.75) is 12.6 Å². The number of benzene rings is 1. The van der Waals surface area contributed by atoms with E-state index in [4.69, 9.17) is 0 Å². The van der Waals surface area contributed by atoms with Crippen molar-refractivity contribution in [2.24, 2.45) is 11.8 Å². The third-order valence-electron chi connectivity index (χ3n) is 4.61. The monoisotopic (exact) mass is 268 g/mol. The van der Waals surface area contributed by atoms with Gasteiger partial charge >= 0.3 is 0 Å². The minimum atomic E-state index is -0.135. The maximum absolute atomic E-state index is 11.7. The number of piperidine rings is 1. The van der Waals surface area contributed by atoms with Crippen LogP contribution in [0.4, 0.5) is 0 Å². The van der Waals surface area contributed by atoms with Gasteiger partial charge in [-0.25, -0.2) is 0 Å². The standard InChI is InChI=1S/C16H16N2O2/c19-14-6-7-15(20)18(14)16-12-9-17(10-13(12)16)8-11-4-2-1-3-5-11/h1-7,12-13,16H,8-10H2. The fourth-order valence-electron chi connectivity index (χ4n) is 3.64. The number of carbonyl (C=O) groups is 2. The van der Waals surface area contributed by atoms with Gasteiger partial charge in [0.1, 0.15) is 0 Å². The molecule has 0 aromatic heterocycles. The van der Waals surface area contributed by atoms with E-state index in [-0.39, 0.29) is 17.9 Å². The minimum absolute atomic E-state index is 0.135. The maximum Gasteiger partial charge on any atom is 0.253 e. The van der Waals surface area contributed by atoms with Gasteiger partial charge in [-0.1, -0.05) is 30.3 Å². The molecule has 20 heavy (non-hydrogen) atoms. The van der Waals surface area contributed by atoms with E-state index in [0.717, 1.165) is 19.6 Å². The molecule has 0 bridgehead atoms. The van der Waals surface area contributed by atoms with Crippen LogP contribution in [0.2, 0.25) is 0 Å². The summed E-state index contributed by atoms with van der Waals surface area (Å²) in [6, 6.07) is 10.6. The van der Waals surface area contributed by atoms with Crippen LogP contribution >= 0.6 is 0 Å². The van der Waals surface area contributed by atoms with E-state index < -0.39 is 0 Å². The predicted octanol–water partition coefficient (Wildman–Crippen LogP) is 1.04. The van der Waals surface area contributed by atoms with E-state index in [1.165, 1.54) is 22.6 Å². The average Bonchev–Trinajstić information content (AvgIpc) is 2.80. The first-order valence-electron chi connectivity index (χ1n) is 7.05. The van der Waals surface area contributed by atoms with Crippen LogP contribution in [0.1, 0.15) is 5.56 Å². The SMILES string of the molecule is O=C1C=CC(=O)N1C1C2CN(Cc3ccccc3)CC21. The molecule has 3 aliphatic rings. The molecule has 2 heterocycles. The first-order valence-corrected chi connectivity index (χ1v) is 7.05. The summed E-state index contributed by atoms with van der Waals surface area (Å²) >= 11 is 0. The maximum atomic E-state index is 11.7. The van der Waals surface area contributed by atoms with Crippen molar-refractivity contribution in [3.63, 3.8) is 0 Å². The number of rotatable bonds is 3. The highest BCUT2D eigenvalue weighted by molar-refractivity contribution is 6.13. The van der Waals surface area contributed by atoms with Gasteiger partial charge in [0.25, 0.3) is 11.8 Å². The molecule has 1 saturated carbocycles. The Morgan fingerprint density at radius 3 is 2.15 bits per heavy atom. The van der Waals surface area contributed by atoms with Gasteiger partial charge in [-0.15, -0.1) is 0 Å². The van der Waals surface area contributed by atoms with Gasteiger partial charge in [-0.2, -0.15) is 0 Å². The van der Waals surface area contributed by atoms with Gasteiger partial charge in [-0.3, -0.25) is 19.4 Å². The van der Waals surface area contributed by atoms with Crippen molar-refractivity contribution in [3.8, 4) is 0 Å². The van der Waals surface area contributed by atoms with Crippen LogP contribution in [0.15, 0.2) is 42.5 Å². The fraction of sp³-hybridized carbons (Fsp3) is 0.375. The molecule has 1 saturated heterocycles. The first-order chi connectivity index (χ1) is 9.74. The Morgan fingerprint density at radius 1 is 0.950 bits per heavy atom. The van der Waals surface area contributed by atoms with Gasteiger partial charge < -0.3 is 0 Å². The number of hydrogen-bond acceptors (Lipinski definition) is 3. The van der Waals surface area contributed by atoms with Crippen LogP contribution < -0.4 is 0 Å². The summed E-state index contributed by atoms with van der Waals surface area (Å²) in [6.45, 7) is 2.93. The van der Waals surface area contributed by atoms with Crippen LogP contribution in [0.25, 0.3) is 0 Å². The van der Waals surface area contributed by atoms with Gasteiger partial charge in [0.05, 0.1) is 0 Å². The largest absolute Gasteiger partial charge is 0.298 e. The van der Waals surface area contributed by atoms with E-state index in [1.54, 1.807) is 0 Å². The Kier molecular flexibility index (Phi) is 2.54. The molecule has 0 radical (unpaired) electrons. The molecule has 4 heteroatoms. The van der Waals surface area contributed by atoms with Gasteiger partial charge in [0, 0.05) is 37.8 Å². The molecule has 2 atom stereocenters. The molecule has 2 fully saturated rings. The molecular formula is C16H16N2O2. The van der Waals surface area contributed by atoms with Crippen LogP contribution in [0.3, 0.4) is 0 Å². The van der Waals surface area contributed by atoms with Crippen molar-refractivity contribution in [3.05, 3.63) is 48.0 Å². The number of fused-ring (bicyclic) bond motifs is 1. The van der Waals surface area contributed by atoms with E-state index in [9.17, 15) is 9.59 Å². The van der Waals surface area contributed by atoms with Crippen LogP contribution in [-0.2, 0) is 16.1 Å². The highest BCUT2D eigenvalue weighted by Crippen LogP contribution is 2.49. The molecule has 2 aliphatic heterocycles. The molecule has 0 spiro atoms. The van der Waals surface area contributed by atoms with Crippen molar-refractivity contribution >= 4 is 11.8 Å². The number of likely N-dealkylation sites (tertiary alicyclic amines) is 1. The second kappa shape index (κ2) is 4.28. The van der Waals surface area contributed by atoms with E-state index in [0.29, 0.717) is 11.8 Å². The zero-order valence-electron chi connectivity index (χ0n) is 11.1. The Bertz CT molecular complexity index is 566. The van der Waals surface area contributed by atoms with Gasteiger partial charge in [-0.05, 0) is 17.4 Å². The molecule has 4 nitrogen and oxygen atoms in total. The zero-order chi connectivity index (χ0) is 13.7. The Balaban J connectivity index is 1.37. The summed E-state index contributed by atoms with van der Waals surface area (Å²) in [5.74, 6) is 0.686. The third-order valence-corrected chi connectivity index (χ3v) is 4.61. The number of amides is 2. The van der Waals surface area contributed by atoms with Crippen LogP contribution in [-0.4, -0.2) is 40.7 Å². The lowest BCUT2D eigenvalue weighted by Gasteiger charge is -2.22.